The highest BCUT2D eigenvalue weighted by molar-refractivity contribution is 5.46. The molecule has 0 bridgehead atoms. The molecule has 0 spiro atoms. The van der Waals surface area contributed by atoms with Gasteiger partial charge < -0.3 is 5.32 Å². The van der Waals surface area contributed by atoms with Crippen LogP contribution in [0.1, 0.15) is 0 Å². The van der Waals surface area contributed by atoms with Gasteiger partial charge in [-0.3, -0.25) is 0 Å². The molecule has 0 fully saturated rings. The number of allylic oxidation sites excluding steroid dienone is 3. The van der Waals surface area contributed by atoms with Crippen LogP contribution in [0.5, 0.6) is 0 Å². The first-order valence-electron chi connectivity index (χ1n) is 4.35. The first-order chi connectivity index (χ1) is 7.36. The molecule has 1 aromatic rings. The summed E-state index contributed by atoms with van der Waals surface area (Å²) in [6.07, 6.45) is 4.74. The Morgan fingerprint density at radius 1 is 1.13 bits per heavy atom. The third-order valence-electron chi connectivity index (χ3n) is 1.62. The molecule has 3 heteroatoms. The average Bonchev–Trinajstić information content (AvgIpc) is 2.31. The van der Waals surface area contributed by atoms with E-state index in [4.69, 9.17) is 10.5 Å². The number of rotatable bonds is 3. The molecular formula is C12H9N3. The molecule has 1 N–H and O–H groups in total. The maximum Gasteiger partial charge on any atom is 0.129 e. The SMILES string of the molecule is N#CC(C#N)=C/C=C/Nc1ccccc1. The number of nitrogens with one attached hydrogen (secondary N) is 1. The van der Waals surface area contributed by atoms with Gasteiger partial charge in [-0.2, -0.15) is 10.5 Å². The number of anilines is 1. The lowest BCUT2D eigenvalue weighted by Crippen LogP contribution is -1.84. The molecule has 0 radical (unpaired) electrons. The smallest absolute Gasteiger partial charge is 0.129 e. The summed E-state index contributed by atoms with van der Waals surface area (Å²) in [6.45, 7) is 0. The average molecular weight is 195 g/mol. The van der Waals surface area contributed by atoms with Gasteiger partial charge in [-0.15, -0.1) is 0 Å². The van der Waals surface area contributed by atoms with Gasteiger partial charge in [-0.05, 0) is 24.3 Å². The lowest BCUT2D eigenvalue weighted by Gasteiger charge is -1.97. The van der Waals surface area contributed by atoms with E-state index in [1.165, 1.54) is 6.08 Å². The highest BCUT2D eigenvalue weighted by Crippen LogP contribution is 2.04. The van der Waals surface area contributed by atoms with Gasteiger partial charge >= 0.3 is 0 Å². The number of nitrogens with zero attached hydrogens (tertiary/aromatic N) is 2. The number of hydrogen-bond donors (Lipinski definition) is 1. The first-order valence-corrected chi connectivity index (χ1v) is 4.35. The van der Waals surface area contributed by atoms with Crippen molar-refractivity contribution in [3.63, 3.8) is 0 Å². The third kappa shape index (κ3) is 3.80. The van der Waals surface area contributed by atoms with E-state index in [-0.39, 0.29) is 5.57 Å². The Morgan fingerprint density at radius 3 is 2.40 bits per heavy atom. The zero-order chi connectivity index (χ0) is 10.9. The molecule has 72 valence electrons. The van der Waals surface area contributed by atoms with E-state index in [1.54, 1.807) is 24.4 Å². The van der Waals surface area contributed by atoms with Crippen LogP contribution in [0.25, 0.3) is 0 Å². The first kappa shape index (κ1) is 10.6. The van der Waals surface area contributed by atoms with Crippen LogP contribution in [0, 0.1) is 22.7 Å². The van der Waals surface area contributed by atoms with Crippen molar-refractivity contribution in [2.24, 2.45) is 0 Å². The van der Waals surface area contributed by atoms with Gasteiger partial charge in [0.25, 0.3) is 0 Å². The van der Waals surface area contributed by atoms with E-state index < -0.39 is 0 Å². The second-order valence-electron chi connectivity index (χ2n) is 2.67. The Kier molecular flexibility index (Phi) is 4.23. The van der Waals surface area contributed by atoms with E-state index in [1.807, 2.05) is 30.3 Å². The van der Waals surface area contributed by atoms with Crippen LogP contribution in [0.2, 0.25) is 0 Å². The number of benzene rings is 1. The van der Waals surface area contributed by atoms with Crippen LogP contribution in [0.3, 0.4) is 0 Å². The minimum Gasteiger partial charge on any atom is -0.362 e. The van der Waals surface area contributed by atoms with Crippen molar-refractivity contribution in [2.45, 2.75) is 0 Å². The fourth-order valence-corrected chi connectivity index (χ4v) is 0.923. The molecule has 3 nitrogen and oxygen atoms in total. The molecule has 0 aliphatic carbocycles. The molecule has 0 amide bonds. The molecular weight excluding hydrogens is 186 g/mol. The van der Waals surface area contributed by atoms with Crippen LogP contribution < -0.4 is 5.32 Å². The normalized spacial score (nSPS) is 8.93. The van der Waals surface area contributed by atoms with Crippen molar-refractivity contribution < 1.29 is 0 Å². The number of hydrogen-bond acceptors (Lipinski definition) is 3. The van der Waals surface area contributed by atoms with E-state index in [2.05, 4.69) is 5.32 Å². The Hall–Kier alpha value is -2.52. The second kappa shape index (κ2) is 6.01. The Labute approximate surface area is 88.6 Å². The second-order valence-corrected chi connectivity index (χ2v) is 2.67. The molecule has 0 aliphatic heterocycles. The molecule has 0 aliphatic rings. The van der Waals surface area contributed by atoms with Gasteiger partial charge in [0.1, 0.15) is 17.7 Å². The van der Waals surface area contributed by atoms with Crippen LogP contribution in [-0.2, 0) is 0 Å². The minimum atomic E-state index is 0.0844. The third-order valence-corrected chi connectivity index (χ3v) is 1.62. The Morgan fingerprint density at radius 2 is 1.80 bits per heavy atom. The van der Waals surface area contributed by atoms with Crippen LogP contribution in [0.15, 0.2) is 54.3 Å². The van der Waals surface area contributed by atoms with Crippen molar-refractivity contribution >= 4 is 5.69 Å². The molecule has 0 atom stereocenters. The monoisotopic (exact) mass is 195 g/mol. The molecule has 0 heterocycles. The highest BCUT2D eigenvalue weighted by Gasteiger charge is 1.86. The highest BCUT2D eigenvalue weighted by atomic mass is 14.8. The minimum absolute atomic E-state index is 0.0844. The summed E-state index contributed by atoms with van der Waals surface area (Å²) in [6, 6.07) is 13.1. The van der Waals surface area contributed by atoms with E-state index in [0.29, 0.717) is 0 Å². The lowest BCUT2D eigenvalue weighted by atomic mass is 10.3. The predicted octanol–water partition coefficient (Wildman–Crippen LogP) is 2.59. The van der Waals surface area contributed by atoms with E-state index in [9.17, 15) is 0 Å². The molecule has 0 saturated carbocycles. The van der Waals surface area contributed by atoms with Gasteiger partial charge in [-0.25, -0.2) is 0 Å². The summed E-state index contributed by atoms with van der Waals surface area (Å²) < 4.78 is 0. The molecule has 0 unspecified atom stereocenters. The summed E-state index contributed by atoms with van der Waals surface area (Å²) in [5.41, 5.74) is 1.04. The van der Waals surface area contributed by atoms with Crippen molar-refractivity contribution in [3.05, 3.63) is 54.3 Å². The molecule has 15 heavy (non-hydrogen) atoms. The summed E-state index contributed by atoms with van der Waals surface area (Å²) in [4.78, 5) is 0. The van der Waals surface area contributed by atoms with Gasteiger partial charge in [0, 0.05) is 11.9 Å². The quantitative estimate of drug-likeness (QED) is 0.595. The zero-order valence-corrected chi connectivity index (χ0v) is 8.01. The standard InChI is InChI=1S/C12H9N3/c13-9-11(10-14)5-4-8-15-12-6-2-1-3-7-12/h1-8,15H/b8-4+. The predicted molar refractivity (Wildman–Crippen MR) is 58.5 cm³/mol. The van der Waals surface area contributed by atoms with Gasteiger partial charge in [-0.1, -0.05) is 18.2 Å². The largest absolute Gasteiger partial charge is 0.362 e. The van der Waals surface area contributed by atoms with E-state index >= 15 is 0 Å². The van der Waals surface area contributed by atoms with Crippen molar-refractivity contribution in [1.29, 1.82) is 10.5 Å². The molecule has 0 saturated heterocycles. The van der Waals surface area contributed by atoms with Crippen LogP contribution in [0.4, 0.5) is 5.69 Å². The summed E-state index contributed by atoms with van der Waals surface area (Å²) in [5.74, 6) is 0. The molecule has 1 aromatic carbocycles. The van der Waals surface area contributed by atoms with Crippen molar-refractivity contribution in [2.75, 3.05) is 5.32 Å². The lowest BCUT2D eigenvalue weighted by molar-refractivity contribution is 1.46. The van der Waals surface area contributed by atoms with E-state index in [0.717, 1.165) is 5.69 Å². The summed E-state index contributed by atoms with van der Waals surface area (Å²) in [5, 5.41) is 19.9. The fourth-order valence-electron chi connectivity index (χ4n) is 0.923. The topological polar surface area (TPSA) is 59.6 Å². The number of para-hydroxylation sites is 1. The van der Waals surface area contributed by atoms with Crippen molar-refractivity contribution in [3.8, 4) is 12.1 Å². The van der Waals surface area contributed by atoms with Gasteiger partial charge in [0.2, 0.25) is 0 Å². The molecule has 0 aromatic heterocycles. The number of nitriles is 2. The van der Waals surface area contributed by atoms with Gasteiger partial charge in [0.15, 0.2) is 0 Å². The summed E-state index contributed by atoms with van der Waals surface area (Å²) >= 11 is 0. The van der Waals surface area contributed by atoms with Gasteiger partial charge in [0.05, 0.1) is 0 Å². The molecule has 1 rings (SSSR count). The van der Waals surface area contributed by atoms with Crippen molar-refractivity contribution in [1.82, 2.24) is 0 Å². The fraction of sp³-hybridized carbons (Fsp3) is 0. The van der Waals surface area contributed by atoms with Crippen LogP contribution in [-0.4, -0.2) is 0 Å². The maximum atomic E-state index is 8.45. The maximum absolute atomic E-state index is 8.45. The van der Waals surface area contributed by atoms with Crippen LogP contribution >= 0.6 is 0 Å². The summed E-state index contributed by atoms with van der Waals surface area (Å²) in [7, 11) is 0. The Bertz CT molecular complexity index is 428. The zero-order valence-electron chi connectivity index (χ0n) is 8.01. The Balaban J connectivity index is 2.53.